The van der Waals surface area contributed by atoms with E-state index >= 15 is 0 Å². The molecular formula is C45H57N3O6S. The normalized spacial score (nSPS) is 26.0. The first-order chi connectivity index (χ1) is 27.1. The van der Waals surface area contributed by atoms with Crippen molar-refractivity contribution in [3.63, 3.8) is 0 Å². The molecular weight excluding hydrogens is 711 g/mol. The smallest absolute Gasteiger partial charge is 0.230 e. The summed E-state index contributed by atoms with van der Waals surface area (Å²) in [6.07, 6.45) is 14.7. The topological polar surface area (TPSA) is 106 Å². The van der Waals surface area contributed by atoms with Crippen molar-refractivity contribution < 1.29 is 29.3 Å². The zero-order valence-corrected chi connectivity index (χ0v) is 32.8. The van der Waals surface area contributed by atoms with Crippen molar-refractivity contribution in [2.24, 2.45) is 22.9 Å². The Morgan fingerprint density at radius 3 is 2.55 bits per heavy atom. The molecule has 0 bridgehead atoms. The third-order valence-corrected chi connectivity index (χ3v) is 12.9. The first kappa shape index (κ1) is 39.6. The Balaban J connectivity index is 1.33. The van der Waals surface area contributed by atoms with Gasteiger partial charge in [0, 0.05) is 63.1 Å². The van der Waals surface area contributed by atoms with E-state index in [-0.39, 0.29) is 42.1 Å². The maximum atomic E-state index is 9.91. The van der Waals surface area contributed by atoms with Crippen molar-refractivity contribution in [3.8, 4) is 11.5 Å². The SMILES string of the molecule is C=CCO[C@@]12Oc3ccc(OCCN4CC4)cc3[C@H]3[C@H](CCCCO)[C@@H](CCCCO)C=C(C(=NOCc4ccccc4)C[C@@H]1SCCc1ccncc1)[C@H]32. The van der Waals surface area contributed by atoms with Crippen LogP contribution < -0.4 is 9.47 Å². The lowest BCUT2D eigenvalue weighted by Gasteiger charge is -2.58. The lowest BCUT2D eigenvalue weighted by molar-refractivity contribution is -0.223. The number of pyridine rings is 1. The summed E-state index contributed by atoms with van der Waals surface area (Å²) in [4.78, 5) is 12.8. The predicted octanol–water partition coefficient (Wildman–Crippen LogP) is 7.59. The molecule has 2 aromatic carbocycles. The van der Waals surface area contributed by atoms with E-state index in [1.807, 2.05) is 54.5 Å². The first-order valence-electron chi connectivity index (χ1n) is 20.2. The highest BCUT2D eigenvalue weighted by Crippen LogP contribution is 2.62. The van der Waals surface area contributed by atoms with Crippen molar-refractivity contribution in [2.45, 2.75) is 74.9 Å². The molecule has 3 aromatic rings. The summed E-state index contributed by atoms with van der Waals surface area (Å²) >= 11 is 1.88. The number of nitrogens with zero attached hydrogens (tertiary/aromatic N) is 3. The second kappa shape index (κ2) is 19.5. The van der Waals surface area contributed by atoms with Crippen molar-refractivity contribution in [1.29, 1.82) is 0 Å². The number of ether oxygens (including phenoxy) is 3. The molecule has 2 N–H and O–H groups in total. The second-order valence-electron chi connectivity index (χ2n) is 15.2. The summed E-state index contributed by atoms with van der Waals surface area (Å²) < 4.78 is 20.8. The Morgan fingerprint density at radius 1 is 0.982 bits per heavy atom. The highest BCUT2D eigenvalue weighted by Gasteiger charge is 2.64. The van der Waals surface area contributed by atoms with Crippen LogP contribution in [-0.4, -0.2) is 88.7 Å². The second-order valence-corrected chi connectivity index (χ2v) is 16.5. The summed E-state index contributed by atoms with van der Waals surface area (Å²) in [5.41, 5.74) is 5.54. The van der Waals surface area contributed by atoms with Crippen LogP contribution in [0.25, 0.3) is 0 Å². The molecule has 2 aliphatic carbocycles. The standard InChI is InChI=1S/C45H57N3O6S/c1-2-26-52-45-42(55-28-18-33-16-19-46-20-17-33)31-40(47-53-32-34-10-4-3-5-11-34)38-29-35(12-6-8-24-49)37(13-7-9-25-50)43(44(38)45)39-30-36(14-15-41(39)54-45)51-27-23-48-21-22-48/h2-5,10-11,14-17,19-20,29-30,35,37,42-44,49-50H,1,6-9,12-13,18,21-28,31-32H2/t35-,37+,42-,43+,44+,45+/m0/s1. The van der Waals surface area contributed by atoms with Crippen LogP contribution in [-0.2, 0) is 22.6 Å². The van der Waals surface area contributed by atoms with Crippen LogP contribution in [0.4, 0.5) is 0 Å². The minimum atomic E-state index is -0.994. The largest absolute Gasteiger partial charge is 0.492 e. The van der Waals surface area contributed by atoms with Crippen molar-refractivity contribution in [2.75, 3.05) is 51.8 Å². The molecule has 7 rings (SSSR count). The first-order valence-corrected chi connectivity index (χ1v) is 21.3. The van der Waals surface area contributed by atoms with Gasteiger partial charge in [0.15, 0.2) is 0 Å². The van der Waals surface area contributed by atoms with Crippen molar-refractivity contribution in [1.82, 2.24) is 9.88 Å². The van der Waals surface area contributed by atoms with Gasteiger partial charge in [0.05, 0.1) is 23.5 Å². The van der Waals surface area contributed by atoms with Gasteiger partial charge in [-0.3, -0.25) is 9.88 Å². The lowest BCUT2D eigenvalue weighted by atomic mass is 9.56. The molecule has 55 heavy (non-hydrogen) atoms. The van der Waals surface area contributed by atoms with Gasteiger partial charge in [-0.15, -0.1) is 6.58 Å². The molecule has 0 radical (unpaired) electrons. The Morgan fingerprint density at radius 2 is 1.78 bits per heavy atom. The van der Waals surface area contributed by atoms with E-state index in [1.54, 1.807) is 0 Å². The molecule has 1 saturated carbocycles. The van der Waals surface area contributed by atoms with Gasteiger partial charge in [0.1, 0.15) is 24.7 Å². The Labute approximate surface area is 330 Å². The van der Waals surface area contributed by atoms with Gasteiger partial charge in [-0.05, 0) is 96.7 Å². The number of aromatic nitrogens is 1. The van der Waals surface area contributed by atoms with Gasteiger partial charge in [-0.1, -0.05) is 60.5 Å². The van der Waals surface area contributed by atoms with Gasteiger partial charge >= 0.3 is 0 Å². The average Bonchev–Trinajstić information content (AvgIpc) is 4.05. The van der Waals surface area contributed by atoms with E-state index in [0.29, 0.717) is 26.2 Å². The van der Waals surface area contributed by atoms with Crippen LogP contribution in [0.2, 0.25) is 0 Å². The molecule has 4 aliphatic rings. The number of aliphatic hydroxyl groups excluding tert-OH is 2. The Hall–Kier alpha value is -3.67. The molecule has 0 spiro atoms. The molecule has 9 nitrogen and oxygen atoms in total. The van der Waals surface area contributed by atoms with Crippen LogP contribution >= 0.6 is 11.8 Å². The number of hydrogen-bond donors (Lipinski definition) is 2. The summed E-state index contributed by atoms with van der Waals surface area (Å²) in [7, 11) is 0. The fourth-order valence-corrected chi connectivity index (χ4v) is 10.2. The van der Waals surface area contributed by atoms with Gasteiger partial charge < -0.3 is 29.3 Å². The zero-order chi connectivity index (χ0) is 37.9. The number of oxime groups is 1. The van der Waals surface area contributed by atoms with Crippen LogP contribution in [0.5, 0.6) is 11.5 Å². The van der Waals surface area contributed by atoms with Crippen molar-refractivity contribution in [3.05, 3.63) is 114 Å². The number of allylic oxidation sites excluding steroid dienone is 1. The zero-order valence-electron chi connectivity index (χ0n) is 32.0. The Kier molecular flexibility index (Phi) is 14.0. The number of fused-ring (bicyclic) bond motifs is 2. The fourth-order valence-electron chi connectivity index (χ4n) is 8.78. The van der Waals surface area contributed by atoms with Crippen LogP contribution in [0.3, 0.4) is 0 Å². The fraction of sp³-hybridized carbons (Fsp3) is 0.511. The van der Waals surface area contributed by atoms with E-state index in [4.69, 9.17) is 24.2 Å². The molecule has 10 heteroatoms. The van der Waals surface area contributed by atoms with E-state index in [2.05, 4.69) is 58.9 Å². The molecule has 3 heterocycles. The molecule has 294 valence electrons. The maximum absolute atomic E-state index is 9.91. The molecule has 2 aliphatic heterocycles. The number of rotatable bonds is 22. The molecule has 0 amide bonds. The molecule has 1 saturated heterocycles. The third kappa shape index (κ3) is 9.66. The summed E-state index contributed by atoms with van der Waals surface area (Å²) in [5, 5.41) is 24.6. The third-order valence-electron chi connectivity index (χ3n) is 11.5. The number of thioether (sulfide) groups is 1. The van der Waals surface area contributed by atoms with E-state index < -0.39 is 5.79 Å². The highest BCUT2D eigenvalue weighted by molar-refractivity contribution is 8.00. The van der Waals surface area contributed by atoms with Gasteiger partial charge in [-0.25, -0.2) is 0 Å². The molecule has 2 fully saturated rings. The van der Waals surface area contributed by atoms with E-state index in [0.717, 1.165) is 104 Å². The number of unbranched alkanes of at least 4 members (excludes halogenated alkanes) is 2. The number of aryl methyl sites for hydroxylation is 1. The highest BCUT2D eigenvalue weighted by atomic mass is 32.2. The molecule has 1 aromatic heterocycles. The lowest BCUT2D eigenvalue weighted by Crippen LogP contribution is -2.64. The summed E-state index contributed by atoms with van der Waals surface area (Å²) in [6.45, 7) is 8.98. The molecule has 0 unspecified atom stereocenters. The summed E-state index contributed by atoms with van der Waals surface area (Å²) in [6, 6.07) is 20.7. The monoisotopic (exact) mass is 767 g/mol. The van der Waals surface area contributed by atoms with Gasteiger partial charge in [-0.2, -0.15) is 11.8 Å². The van der Waals surface area contributed by atoms with Gasteiger partial charge in [0.2, 0.25) is 5.79 Å². The maximum Gasteiger partial charge on any atom is 0.230 e. The number of aliphatic hydroxyl groups is 2. The number of benzene rings is 2. The van der Waals surface area contributed by atoms with Crippen LogP contribution in [0.1, 0.15) is 67.6 Å². The minimum Gasteiger partial charge on any atom is -0.492 e. The van der Waals surface area contributed by atoms with Crippen LogP contribution in [0, 0.1) is 17.8 Å². The van der Waals surface area contributed by atoms with E-state index in [1.165, 1.54) is 5.56 Å². The predicted molar refractivity (Wildman–Crippen MR) is 219 cm³/mol. The van der Waals surface area contributed by atoms with E-state index in [9.17, 15) is 10.2 Å². The minimum absolute atomic E-state index is 0.0324. The Bertz CT molecular complexity index is 1740. The quantitative estimate of drug-likeness (QED) is 0.0464. The van der Waals surface area contributed by atoms with Crippen LogP contribution in [0.15, 0.2) is 103 Å². The van der Waals surface area contributed by atoms with Gasteiger partial charge in [0.25, 0.3) is 0 Å². The van der Waals surface area contributed by atoms with Crippen molar-refractivity contribution >= 4 is 17.5 Å². The summed E-state index contributed by atoms with van der Waals surface area (Å²) in [5.74, 6) is 1.90. The number of hydrogen-bond acceptors (Lipinski definition) is 10. The average molecular weight is 768 g/mol. The molecule has 6 atom stereocenters.